The summed E-state index contributed by atoms with van der Waals surface area (Å²) in [5.41, 5.74) is 0.596. The van der Waals surface area contributed by atoms with Crippen LogP contribution in [0.2, 0.25) is 0 Å². The largest absolute Gasteiger partial charge is 0.497 e. The van der Waals surface area contributed by atoms with Crippen LogP contribution in [0.1, 0.15) is 0 Å². The summed E-state index contributed by atoms with van der Waals surface area (Å²) in [6.07, 6.45) is 0. The third kappa shape index (κ3) is 3.18. The van der Waals surface area contributed by atoms with Gasteiger partial charge in [-0.1, -0.05) is 0 Å². The molecule has 1 aliphatic rings. The lowest BCUT2D eigenvalue weighted by Gasteiger charge is -2.33. The van der Waals surface area contributed by atoms with E-state index in [1.165, 1.54) is 4.90 Å². The Kier molecular flexibility index (Phi) is 4.41. The number of amides is 2. The number of ether oxygens (including phenoxy) is 1. The predicted octanol–water partition coefficient (Wildman–Crippen LogP) is 0.585. The molecular formula is C13H17N3O4. The van der Waals surface area contributed by atoms with Crippen LogP contribution < -0.4 is 15.4 Å². The molecule has 0 aliphatic carbocycles. The number of rotatable bonds is 3. The fourth-order valence-electron chi connectivity index (χ4n) is 2.04. The zero-order valence-corrected chi connectivity index (χ0v) is 11.1. The Hall–Kier alpha value is -2.28. The van der Waals surface area contributed by atoms with E-state index in [1.54, 1.807) is 31.4 Å². The normalized spacial score (nSPS) is 18.4. The standard InChI is InChI=1S/C13H17N3O4/c1-20-10-4-2-9(3-5-10)15-13(19)16-7-6-14-8-11(16)12(17)18/h2-5,11,14H,6-8H2,1H3,(H,15,19)(H,17,18). The van der Waals surface area contributed by atoms with Crippen LogP contribution >= 0.6 is 0 Å². The summed E-state index contributed by atoms with van der Waals surface area (Å²) in [6.45, 7) is 1.20. The van der Waals surface area contributed by atoms with Crippen molar-refractivity contribution in [2.45, 2.75) is 6.04 Å². The number of nitrogens with one attached hydrogen (secondary N) is 2. The Balaban J connectivity index is 2.03. The zero-order valence-electron chi connectivity index (χ0n) is 11.1. The number of carboxylic acids is 1. The maximum atomic E-state index is 12.1. The average molecular weight is 279 g/mol. The van der Waals surface area contributed by atoms with Gasteiger partial charge in [-0.3, -0.25) is 0 Å². The maximum absolute atomic E-state index is 12.1. The summed E-state index contributed by atoms with van der Waals surface area (Å²) in [5, 5.41) is 14.8. The zero-order chi connectivity index (χ0) is 14.5. The van der Waals surface area contributed by atoms with Crippen LogP contribution in [-0.4, -0.2) is 54.8 Å². The molecular weight excluding hydrogens is 262 g/mol. The number of hydrogen-bond acceptors (Lipinski definition) is 4. The summed E-state index contributed by atoms with van der Waals surface area (Å²) in [6, 6.07) is 5.60. The minimum atomic E-state index is -1.01. The maximum Gasteiger partial charge on any atom is 0.327 e. The average Bonchev–Trinajstić information content (AvgIpc) is 2.48. The van der Waals surface area contributed by atoms with E-state index < -0.39 is 18.0 Å². The smallest absolute Gasteiger partial charge is 0.327 e. The van der Waals surface area contributed by atoms with Crippen LogP contribution in [0.4, 0.5) is 10.5 Å². The minimum absolute atomic E-state index is 0.255. The molecule has 1 fully saturated rings. The molecule has 0 spiro atoms. The molecule has 1 aromatic rings. The molecule has 7 heteroatoms. The van der Waals surface area contributed by atoms with Crippen molar-refractivity contribution in [3.63, 3.8) is 0 Å². The Bertz CT molecular complexity index is 489. The topological polar surface area (TPSA) is 90.9 Å². The summed E-state index contributed by atoms with van der Waals surface area (Å²) in [4.78, 5) is 24.6. The molecule has 2 rings (SSSR count). The van der Waals surface area contributed by atoms with Gasteiger partial charge in [0.05, 0.1) is 7.11 Å². The lowest BCUT2D eigenvalue weighted by Crippen LogP contribution is -2.58. The highest BCUT2D eigenvalue weighted by Gasteiger charge is 2.31. The van der Waals surface area contributed by atoms with Gasteiger partial charge in [0.1, 0.15) is 11.8 Å². The second-order valence-electron chi connectivity index (χ2n) is 4.41. The van der Waals surface area contributed by atoms with Crippen LogP contribution in [0.25, 0.3) is 0 Å². The van der Waals surface area contributed by atoms with Gasteiger partial charge in [-0.05, 0) is 24.3 Å². The number of carboxylic acid groups (broad SMARTS) is 1. The van der Waals surface area contributed by atoms with E-state index in [1.807, 2.05) is 0 Å². The van der Waals surface area contributed by atoms with Gasteiger partial charge < -0.3 is 25.4 Å². The first kappa shape index (κ1) is 14.1. The first-order valence-corrected chi connectivity index (χ1v) is 6.27. The number of carbonyl (C=O) groups excluding carboxylic acids is 1. The number of methoxy groups -OCH3 is 1. The monoisotopic (exact) mass is 279 g/mol. The number of aliphatic carboxylic acids is 1. The second-order valence-corrected chi connectivity index (χ2v) is 4.41. The molecule has 7 nitrogen and oxygen atoms in total. The van der Waals surface area contributed by atoms with E-state index in [9.17, 15) is 9.59 Å². The van der Waals surface area contributed by atoms with Crippen molar-refractivity contribution in [3.8, 4) is 5.75 Å². The van der Waals surface area contributed by atoms with Crippen LogP contribution in [0, 0.1) is 0 Å². The van der Waals surface area contributed by atoms with Crippen molar-refractivity contribution < 1.29 is 19.4 Å². The summed E-state index contributed by atoms with van der Waals surface area (Å²) < 4.78 is 5.03. The van der Waals surface area contributed by atoms with Gasteiger partial charge >= 0.3 is 12.0 Å². The van der Waals surface area contributed by atoms with Crippen molar-refractivity contribution in [2.24, 2.45) is 0 Å². The molecule has 1 aliphatic heterocycles. The molecule has 108 valence electrons. The molecule has 0 bridgehead atoms. The summed E-state index contributed by atoms with van der Waals surface area (Å²) in [7, 11) is 1.56. The number of benzene rings is 1. The van der Waals surface area contributed by atoms with Gasteiger partial charge in [0.15, 0.2) is 0 Å². The van der Waals surface area contributed by atoms with Crippen molar-refractivity contribution in [1.82, 2.24) is 10.2 Å². The van der Waals surface area contributed by atoms with Crippen LogP contribution in [0.15, 0.2) is 24.3 Å². The lowest BCUT2D eigenvalue weighted by molar-refractivity contribution is -0.142. The van der Waals surface area contributed by atoms with Crippen molar-refractivity contribution in [1.29, 1.82) is 0 Å². The van der Waals surface area contributed by atoms with Gasteiger partial charge in [0, 0.05) is 25.3 Å². The quantitative estimate of drug-likeness (QED) is 0.753. The molecule has 1 atom stereocenters. The van der Waals surface area contributed by atoms with Crippen molar-refractivity contribution >= 4 is 17.7 Å². The van der Waals surface area contributed by atoms with E-state index >= 15 is 0 Å². The molecule has 1 aromatic carbocycles. The first-order chi connectivity index (χ1) is 9.61. The number of anilines is 1. The molecule has 0 radical (unpaired) electrons. The van der Waals surface area contributed by atoms with E-state index in [0.29, 0.717) is 24.5 Å². The van der Waals surface area contributed by atoms with Gasteiger partial charge in [-0.25, -0.2) is 9.59 Å². The third-order valence-corrected chi connectivity index (χ3v) is 3.13. The lowest BCUT2D eigenvalue weighted by atomic mass is 10.2. The number of urea groups is 1. The Morgan fingerprint density at radius 1 is 1.40 bits per heavy atom. The minimum Gasteiger partial charge on any atom is -0.497 e. The Labute approximate surface area is 116 Å². The molecule has 1 heterocycles. The highest BCUT2D eigenvalue weighted by Crippen LogP contribution is 2.16. The summed E-state index contributed by atoms with van der Waals surface area (Å²) >= 11 is 0. The van der Waals surface area contributed by atoms with Gasteiger partial charge in [0.25, 0.3) is 0 Å². The SMILES string of the molecule is COc1ccc(NC(=O)N2CCNCC2C(=O)O)cc1. The number of piperazine rings is 1. The van der Waals surface area contributed by atoms with Gasteiger partial charge in [0.2, 0.25) is 0 Å². The Morgan fingerprint density at radius 2 is 2.10 bits per heavy atom. The van der Waals surface area contributed by atoms with Gasteiger partial charge in [-0.2, -0.15) is 0 Å². The highest BCUT2D eigenvalue weighted by molar-refractivity contribution is 5.92. The number of carbonyl (C=O) groups is 2. The Morgan fingerprint density at radius 3 is 2.70 bits per heavy atom. The summed E-state index contributed by atoms with van der Waals surface area (Å²) in [5.74, 6) is -0.323. The number of hydrogen-bond donors (Lipinski definition) is 3. The third-order valence-electron chi connectivity index (χ3n) is 3.13. The molecule has 0 saturated carbocycles. The fourth-order valence-corrected chi connectivity index (χ4v) is 2.04. The molecule has 3 N–H and O–H groups in total. The van der Waals surface area contributed by atoms with Gasteiger partial charge in [-0.15, -0.1) is 0 Å². The predicted molar refractivity (Wildman–Crippen MR) is 73.0 cm³/mol. The van der Waals surface area contributed by atoms with Crippen LogP contribution in [0.5, 0.6) is 5.75 Å². The van der Waals surface area contributed by atoms with Crippen molar-refractivity contribution in [3.05, 3.63) is 24.3 Å². The first-order valence-electron chi connectivity index (χ1n) is 6.27. The van der Waals surface area contributed by atoms with E-state index in [4.69, 9.17) is 9.84 Å². The van der Waals surface area contributed by atoms with Crippen LogP contribution in [0.3, 0.4) is 0 Å². The van der Waals surface area contributed by atoms with E-state index in [2.05, 4.69) is 10.6 Å². The highest BCUT2D eigenvalue weighted by atomic mass is 16.5. The number of nitrogens with zero attached hydrogens (tertiary/aromatic N) is 1. The van der Waals surface area contributed by atoms with Crippen LogP contribution in [-0.2, 0) is 4.79 Å². The van der Waals surface area contributed by atoms with E-state index in [-0.39, 0.29) is 6.54 Å². The molecule has 2 amide bonds. The van der Waals surface area contributed by atoms with E-state index in [0.717, 1.165) is 0 Å². The fraction of sp³-hybridized carbons (Fsp3) is 0.385. The second kappa shape index (κ2) is 6.25. The molecule has 1 unspecified atom stereocenters. The molecule has 0 aromatic heterocycles. The molecule has 1 saturated heterocycles. The molecule has 20 heavy (non-hydrogen) atoms. The van der Waals surface area contributed by atoms with Crippen molar-refractivity contribution in [2.75, 3.05) is 32.1 Å².